The lowest BCUT2D eigenvalue weighted by Gasteiger charge is -2.02. The number of nitrogens with zero attached hydrogens (tertiary/aromatic N) is 2. The number of hydrogen-bond donors (Lipinski definition) is 1. The Morgan fingerprint density at radius 1 is 1.62 bits per heavy atom. The molecular weight excluding hydrogens is 162 g/mol. The highest BCUT2D eigenvalue weighted by molar-refractivity contribution is 4.98. The molecule has 0 saturated carbocycles. The Kier molecular flexibility index (Phi) is 4.12. The summed E-state index contributed by atoms with van der Waals surface area (Å²) in [6, 6.07) is 3.85. The van der Waals surface area contributed by atoms with Gasteiger partial charge in [-0.1, -0.05) is 5.57 Å². The molecule has 0 amide bonds. The molecule has 0 fully saturated rings. The van der Waals surface area contributed by atoms with Crippen LogP contribution in [-0.4, -0.2) is 16.7 Å². The van der Waals surface area contributed by atoms with Crippen LogP contribution in [0.25, 0.3) is 0 Å². The molecule has 0 aliphatic rings. The average molecular weight is 177 g/mol. The standard InChI is InChI=1S/C10H15N3/c1-9(2)5-7-11-8-10-4-3-6-12-13-10/h3-4,6,11H,1,5,7-8H2,2H3. The summed E-state index contributed by atoms with van der Waals surface area (Å²) < 4.78 is 0. The molecule has 13 heavy (non-hydrogen) atoms. The van der Waals surface area contributed by atoms with E-state index in [9.17, 15) is 0 Å². The maximum absolute atomic E-state index is 3.96. The summed E-state index contributed by atoms with van der Waals surface area (Å²) in [5, 5.41) is 11.0. The molecule has 0 bridgehead atoms. The molecule has 1 aromatic rings. The second-order valence-corrected chi connectivity index (χ2v) is 3.10. The Morgan fingerprint density at radius 3 is 3.08 bits per heavy atom. The molecule has 0 radical (unpaired) electrons. The van der Waals surface area contributed by atoms with E-state index >= 15 is 0 Å². The normalized spacial score (nSPS) is 9.92. The van der Waals surface area contributed by atoms with E-state index in [0.29, 0.717) is 0 Å². The van der Waals surface area contributed by atoms with E-state index < -0.39 is 0 Å². The fraction of sp³-hybridized carbons (Fsp3) is 0.400. The van der Waals surface area contributed by atoms with Gasteiger partial charge in [0.15, 0.2) is 0 Å². The summed E-state index contributed by atoms with van der Waals surface area (Å²) >= 11 is 0. The van der Waals surface area contributed by atoms with E-state index in [-0.39, 0.29) is 0 Å². The van der Waals surface area contributed by atoms with Crippen LogP contribution in [0.15, 0.2) is 30.5 Å². The highest BCUT2D eigenvalue weighted by atomic mass is 15.1. The molecule has 3 heteroatoms. The summed E-state index contributed by atoms with van der Waals surface area (Å²) in [5.41, 5.74) is 2.18. The van der Waals surface area contributed by atoms with Crippen LogP contribution in [0.5, 0.6) is 0 Å². The molecule has 0 atom stereocenters. The number of nitrogens with one attached hydrogen (secondary N) is 1. The molecular formula is C10H15N3. The Balaban J connectivity index is 2.17. The fourth-order valence-corrected chi connectivity index (χ4v) is 0.946. The van der Waals surface area contributed by atoms with E-state index in [1.807, 2.05) is 19.1 Å². The molecule has 3 nitrogen and oxygen atoms in total. The highest BCUT2D eigenvalue weighted by Gasteiger charge is 1.92. The van der Waals surface area contributed by atoms with Crippen molar-refractivity contribution in [1.82, 2.24) is 15.5 Å². The minimum Gasteiger partial charge on any atom is -0.311 e. The van der Waals surface area contributed by atoms with Crippen molar-refractivity contribution < 1.29 is 0 Å². The molecule has 0 aliphatic heterocycles. The first kappa shape index (κ1) is 9.86. The van der Waals surface area contributed by atoms with Gasteiger partial charge in [0.1, 0.15) is 0 Å². The maximum atomic E-state index is 3.96. The van der Waals surface area contributed by atoms with Gasteiger partial charge in [0.2, 0.25) is 0 Å². The van der Waals surface area contributed by atoms with Gasteiger partial charge in [-0.3, -0.25) is 0 Å². The number of aromatic nitrogens is 2. The predicted octanol–water partition coefficient (Wildman–Crippen LogP) is 1.53. The Morgan fingerprint density at radius 2 is 2.46 bits per heavy atom. The minimum atomic E-state index is 0.779. The third-order valence-electron chi connectivity index (χ3n) is 1.66. The maximum Gasteiger partial charge on any atom is 0.0768 e. The number of hydrogen-bond acceptors (Lipinski definition) is 3. The van der Waals surface area contributed by atoms with Crippen LogP contribution in [-0.2, 0) is 6.54 Å². The molecule has 0 aromatic carbocycles. The lowest BCUT2D eigenvalue weighted by molar-refractivity contribution is 0.664. The second kappa shape index (κ2) is 5.43. The average Bonchev–Trinajstić information content (AvgIpc) is 2.14. The van der Waals surface area contributed by atoms with Crippen molar-refractivity contribution in [2.24, 2.45) is 0 Å². The van der Waals surface area contributed by atoms with Crippen molar-refractivity contribution in [3.05, 3.63) is 36.2 Å². The molecule has 1 aromatic heterocycles. The van der Waals surface area contributed by atoms with E-state index in [4.69, 9.17) is 0 Å². The van der Waals surface area contributed by atoms with Crippen molar-refractivity contribution in [3.63, 3.8) is 0 Å². The van der Waals surface area contributed by atoms with Crippen LogP contribution in [0, 0.1) is 0 Å². The van der Waals surface area contributed by atoms with Gasteiger partial charge in [-0.25, -0.2) is 0 Å². The summed E-state index contributed by atoms with van der Waals surface area (Å²) in [7, 11) is 0. The molecule has 0 unspecified atom stereocenters. The van der Waals surface area contributed by atoms with Crippen molar-refractivity contribution in [3.8, 4) is 0 Å². The van der Waals surface area contributed by atoms with Crippen LogP contribution in [0.2, 0.25) is 0 Å². The third-order valence-corrected chi connectivity index (χ3v) is 1.66. The first-order valence-electron chi connectivity index (χ1n) is 4.40. The largest absolute Gasteiger partial charge is 0.311 e. The van der Waals surface area contributed by atoms with E-state index in [2.05, 4.69) is 22.1 Å². The summed E-state index contributed by atoms with van der Waals surface area (Å²) in [4.78, 5) is 0. The van der Waals surface area contributed by atoms with Crippen molar-refractivity contribution in [1.29, 1.82) is 0 Å². The number of rotatable bonds is 5. The van der Waals surface area contributed by atoms with Crippen LogP contribution in [0.1, 0.15) is 19.0 Å². The van der Waals surface area contributed by atoms with E-state index in [1.165, 1.54) is 5.57 Å². The van der Waals surface area contributed by atoms with Crippen LogP contribution >= 0.6 is 0 Å². The lowest BCUT2D eigenvalue weighted by Crippen LogP contribution is -2.15. The second-order valence-electron chi connectivity index (χ2n) is 3.10. The minimum absolute atomic E-state index is 0.779. The zero-order valence-corrected chi connectivity index (χ0v) is 7.95. The molecule has 1 heterocycles. The van der Waals surface area contributed by atoms with Gasteiger partial charge in [0.05, 0.1) is 5.69 Å². The third kappa shape index (κ3) is 4.38. The zero-order valence-electron chi connectivity index (χ0n) is 7.95. The monoisotopic (exact) mass is 177 g/mol. The fourth-order valence-electron chi connectivity index (χ4n) is 0.946. The van der Waals surface area contributed by atoms with E-state index in [1.54, 1.807) is 6.20 Å². The smallest absolute Gasteiger partial charge is 0.0768 e. The van der Waals surface area contributed by atoms with Gasteiger partial charge in [-0.05, 0) is 32.0 Å². The SMILES string of the molecule is C=C(C)CCNCc1cccnn1. The van der Waals surface area contributed by atoms with Crippen LogP contribution in [0.3, 0.4) is 0 Å². The summed E-state index contributed by atoms with van der Waals surface area (Å²) in [6.07, 6.45) is 2.69. The molecule has 1 rings (SSSR count). The van der Waals surface area contributed by atoms with Crippen molar-refractivity contribution in [2.75, 3.05) is 6.54 Å². The van der Waals surface area contributed by atoms with Gasteiger partial charge in [-0.2, -0.15) is 10.2 Å². The van der Waals surface area contributed by atoms with Crippen molar-refractivity contribution >= 4 is 0 Å². The molecule has 1 N–H and O–H groups in total. The van der Waals surface area contributed by atoms with Gasteiger partial charge < -0.3 is 5.32 Å². The van der Waals surface area contributed by atoms with Gasteiger partial charge in [-0.15, -0.1) is 6.58 Å². The lowest BCUT2D eigenvalue weighted by atomic mass is 10.2. The van der Waals surface area contributed by atoms with Gasteiger partial charge in [0, 0.05) is 12.7 Å². The first-order valence-corrected chi connectivity index (χ1v) is 4.40. The molecule has 70 valence electrons. The quantitative estimate of drug-likeness (QED) is 0.547. The van der Waals surface area contributed by atoms with Gasteiger partial charge >= 0.3 is 0 Å². The molecule has 0 aliphatic carbocycles. The highest BCUT2D eigenvalue weighted by Crippen LogP contribution is 1.94. The Bertz CT molecular complexity index is 256. The first-order chi connectivity index (χ1) is 6.29. The van der Waals surface area contributed by atoms with Crippen LogP contribution < -0.4 is 5.32 Å². The van der Waals surface area contributed by atoms with Crippen molar-refractivity contribution in [2.45, 2.75) is 19.9 Å². The Hall–Kier alpha value is -1.22. The summed E-state index contributed by atoms with van der Waals surface area (Å²) in [6.45, 7) is 7.59. The van der Waals surface area contributed by atoms with Crippen LogP contribution in [0.4, 0.5) is 0 Å². The summed E-state index contributed by atoms with van der Waals surface area (Å²) in [5.74, 6) is 0. The van der Waals surface area contributed by atoms with Gasteiger partial charge in [0.25, 0.3) is 0 Å². The predicted molar refractivity (Wildman–Crippen MR) is 53.2 cm³/mol. The topological polar surface area (TPSA) is 37.8 Å². The van der Waals surface area contributed by atoms with E-state index in [0.717, 1.165) is 25.2 Å². The zero-order chi connectivity index (χ0) is 9.52. The molecule has 0 spiro atoms. The molecule has 0 saturated heterocycles. The Labute approximate surface area is 78.9 Å².